The molecule has 3 heteroatoms. The van der Waals surface area contributed by atoms with E-state index >= 15 is 0 Å². The summed E-state index contributed by atoms with van der Waals surface area (Å²) in [5.74, 6) is 0. The summed E-state index contributed by atoms with van der Waals surface area (Å²) in [5, 5.41) is 7.18. The molecule has 0 atom stereocenters. The Hall–Kier alpha value is -8.14. The number of aromatic nitrogens is 1. The van der Waals surface area contributed by atoms with Gasteiger partial charge in [0.15, 0.2) is 0 Å². The van der Waals surface area contributed by atoms with E-state index in [-0.39, 0.29) is 0 Å². The highest BCUT2D eigenvalue weighted by Crippen LogP contribution is 2.43. The van der Waals surface area contributed by atoms with Crippen LogP contribution in [0.4, 0.5) is 17.1 Å². The number of anilines is 3. The molecule has 0 saturated heterocycles. The molecule has 0 amide bonds. The maximum Gasteiger partial charge on any atom is 0.143 e. The van der Waals surface area contributed by atoms with Crippen molar-refractivity contribution in [1.82, 2.24) is 4.57 Å². The standard InChI is InChI=1S/C58H38N2O/c1-2-16-41-37-45(36-31-39(41)15-1)59(43-34-32-40(33-35-43)46-19-3-4-21-48(46)52-25-14-26-53-51-24-8-12-30-57(51)61-58(52)53)44-18-13-17-42(38-44)47-20-5-9-27-54(47)60-55-28-10-6-22-49(55)50-23-7-11-29-56(50)60/h1-38H. The summed E-state index contributed by atoms with van der Waals surface area (Å²) in [4.78, 5) is 2.38. The van der Waals surface area contributed by atoms with E-state index in [1.807, 2.05) is 12.1 Å². The number of furan rings is 1. The fraction of sp³-hybridized carbons (Fsp3) is 0. The van der Waals surface area contributed by atoms with E-state index in [0.29, 0.717) is 0 Å². The maximum absolute atomic E-state index is 6.51. The highest BCUT2D eigenvalue weighted by atomic mass is 16.3. The molecule has 12 aromatic rings. The molecular weight excluding hydrogens is 741 g/mol. The second-order valence-electron chi connectivity index (χ2n) is 15.7. The zero-order valence-corrected chi connectivity index (χ0v) is 33.2. The summed E-state index contributed by atoms with van der Waals surface area (Å²) in [7, 11) is 0. The van der Waals surface area contributed by atoms with Crippen LogP contribution < -0.4 is 4.90 Å². The van der Waals surface area contributed by atoms with E-state index in [2.05, 4.69) is 228 Å². The first kappa shape index (κ1) is 34.9. The van der Waals surface area contributed by atoms with Gasteiger partial charge in [-0.2, -0.15) is 0 Å². The second kappa shape index (κ2) is 14.3. The third kappa shape index (κ3) is 5.82. The van der Waals surface area contributed by atoms with Crippen molar-refractivity contribution >= 4 is 71.6 Å². The van der Waals surface area contributed by atoms with Crippen LogP contribution in [0.2, 0.25) is 0 Å². The van der Waals surface area contributed by atoms with Crippen LogP contribution in [-0.4, -0.2) is 4.57 Å². The Bertz CT molecular complexity index is 3560. The van der Waals surface area contributed by atoms with E-state index in [1.165, 1.54) is 38.1 Å². The topological polar surface area (TPSA) is 21.3 Å². The minimum atomic E-state index is 0.903. The Balaban J connectivity index is 0.988. The lowest BCUT2D eigenvalue weighted by Gasteiger charge is -2.27. The monoisotopic (exact) mass is 778 g/mol. The summed E-state index contributed by atoms with van der Waals surface area (Å²) in [5.41, 5.74) is 15.4. The zero-order chi connectivity index (χ0) is 40.3. The van der Waals surface area contributed by atoms with Gasteiger partial charge in [-0.3, -0.25) is 0 Å². The summed E-state index contributed by atoms with van der Waals surface area (Å²) >= 11 is 0. The van der Waals surface area contributed by atoms with Crippen molar-refractivity contribution in [3.05, 3.63) is 231 Å². The predicted octanol–water partition coefficient (Wildman–Crippen LogP) is 16.3. The second-order valence-corrected chi connectivity index (χ2v) is 15.7. The number of fused-ring (bicyclic) bond motifs is 7. The molecule has 0 unspecified atom stereocenters. The molecule has 10 aromatic carbocycles. The van der Waals surface area contributed by atoms with Crippen LogP contribution in [0.25, 0.3) is 93.6 Å². The quantitative estimate of drug-likeness (QED) is 0.161. The maximum atomic E-state index is 6.51. The van der Waals surface area contributed by atoms with Crippen LogP contribution in [0.3, 0.4) is 0 Å². The van der Waals surface area contributed by atoms with Gasteiger partial charge in [-0.25, -0.2) is 0 Å². The number of benzene rings is 10. The van der Waals surface area contributed by atoms with Crippen LogP contribution in [-0.2, 0) is 0 Å². The Labute approximate surface area is 353 Å². The minimum Gasteiger partial charge on any atom is -0.455 e. The molecule has 2 aromatic heterocycles. The number of rotatable bonds is 7. The molecule has 0 N–H and O–H groups in total. The fourth-order valence-corrected chi connectivity index (χ4v) is 9.39. The first-order chi connectivity index (χ1) is 30.3. The lowest BCUT2D eigenvalue weighted by molar-refractivity contribution is 0.670. The van der Waals surface area contributed by atoms with Gasteiger partial charge in [0.1, 0.15) is 11.2 Å². The lowest BCUT2D eigenvalue weighted by Crippen LogP contribution is -2.10. The average Bonchev–Trinajstić information content (AvgIpc) is 3.88. The number of nitrogens with zero attached hydrogens (tertiary/aromatic N) is 2. The molecule has 0 spiro atoms. The van der Waals surface area contributed by atoms with E-state index in [4.69, 9.17) is 4.42 Å². The zero-order valence-electron chi connectivity index (χ0n) is 33.2. The third-order valence-electron chi connectivity index (χ3n) is 12.2. The van der Waals surface area contributed by atoms with Gasteiger partial charge in [-0.1, -0.05) is 170 Å². The third-order valence-corrected chi connectivity index (χ3v) is 12.2. The molecule has 0 saturated carbocycles. The Morgan fingerprint density at radius 2 is 0.902 bits per heavy atom. The van der Waals surface area contributed by atoms with E-state index < -0.39 is 0 Å². The summed E-state index contributed by atoms with van der Waals surface area (Å²) < 4.78 is 8.92. The van der Waals surface area contributed by atoms with Gasteiger partial charge in [0, 0.05) is 49.7 Å². The van der Waals surface area contributed by atoms with Gasteiger partial charge in [0.2, 0.25) is 0 Å². The van der Waals surface area contributed by atoms with Crippen molar-refractivity contribution in [1.29, 1.82) is 0 Å². The van der Waals surface area contributed by atoms with Crippen molar-refractivity contribution in [2.45, 2.75) is 0 Å². The van der Waals surface area contributed by atoms with Crippen LogP contribution in [0.1, 0.15) is 0 Å². The van der Waals surface area contributed by atoms with Crippen LogP contribution in [0.5, 0.6) is 0 Å². The summed E-state index contributed by atoms with van der Waals surface area (Å²) in [6, 6.07) is 82.9. The van der Waals surface area contributed by atoms with Crippen LogP contribution >= 0.6 is 0 Å². The molecule has 61 heavy (non-hydrogen) atoms. The van der Waals surface area contributed by atoms with Crippen LogP contribution in [0, 0.1) is 0 Å². The first-order valence-electron chi connectivity index (χ1n) is 20.8. The Morgan fingerprint density at radius 3 is 1.70 bits per heavy atom. The Morgan fingerprint density at radius 1 is 0.328 bits per heavy atom. The van der Waals surface area contributed by atoms with Crippen molar-refractivity contribution in [2.75, 3.05) is 4.90 Å². The first-order valence-corrected chi connectivity index (χ1v) is 20.8. The normalized spacial score (nSPS) is 11.6. The highest BCUT2D eigenvalue weighted by Gasteiger charge is 2.19. The lowest BCUT2D eigenvalue weighted by atomic mass is 9.93. The molecular formula is C58H38N2O. The number of para-hydroxylation sites is 5. The fourth-order valence-electron chi connectivity index (χ4n) is 9.39. The predicted molar refractivity (Wildman–Crippen MR) is 257 cm³/mol. The van der Waals surface area contributed by atoms with Gasteiger partial charge in [-0.05, 0) is 93.7 Å². The molecule has 0 aliphatic rings. The Kier molecular flexibility index (Phi) is 8.17. The number of hydrogen-bond donors (Lipinski definition) is 0. The van der Waals surface area contributed by atoms with E-state index in [1.54, 1.807) is 0 Å². The molecule has 2 heterocycles. The molecule has 286 valence electrons. The van der Waals surface area contributed by atoms with Gasteiger partial charge in [0.25, 0.3) is 0 Å². The van der Waals surface area contributed by atoms with Gasteiger partial charge < -0.3 is 13.9 Å². The summed E-state index contributed by atoms with van der Waals surface area (Å²) in [6.07, 6.45) is 0. The van der Waals surface area contributed by atoms with Crippen molar-refractivity contribution in [3.8, 4) is 39.1 Å². The SMILES string of the molecule is c1cc(-c2ccccc2-n2c3ccccc3c3ccccc32)cc(N(c2ccc(-c3ccccc3-c3cccc4c3oc3ccccc34)cc2)c2ccc3ccccc3c2)c1. The highest BCUT2D eigenvalue weighted by molar-refractivity contribution is 6.11. The molecule has 0 fully saturated rings. The van der Waals surface area contributed by atoms with Gasteiger partial charge in [0.05, 0.1) is 16.7 Å². The molecule has 12 rings (SSSR count). The van der Waals surface area contributed by atoms with Gasteiger partial charge >= 0.3 is 0 Å². The molecule has 0 aliphatic carbocycles. The number of hydrogen-bond acceptors (Lipinski definition) is 2. The molecule has 0 radical (unpaired) electrons. The smallest absolute Gasteiger partial charge is 0.143 e. The minimum absolute atomic E-state index is 0.903. The van der Waals surface area contributed by atoms with Crippen molar-refractivity contribution in [3.63, 3.8) is 0 Å². The van der Waals surface area contributed by atoms with Crippen molar-refractivity contribution in [2.24, 2.45) is 0 Å². The molecule has 0 aliphatic heterocycles. The summed E-state index contributed by atoms with van der Waals surface area (Å²) in [6.45, 7) is 0. The van der Waals surface area contributed by atoms with E-state index in [0.717, 1.165) is 72.5 Å². The average molecular weight is 779 g/mol. The van der Waals surface area contributed by atoms with Gasteiger partial charge in [-0.15, -0.1) is 0 Å². The molecule has 3 nitrogen and oxygen atoms in total. The van der Waals surface area contributed by atoms with Crippen molar-refractivity contribution < 1.29 is 4.42 Å². The van der Waals surface area contributed by atoms with Crippen LogP contribution in [0.15, 0.2) is 235 Å². The van der Waals surface area contributed by atoms with E-state index in [9.17, 15) is 0 Å². The largest absolute Gasteiger partial charge is 0.455 e. The molecule has 0 bridgehead atoms.